The van der Waals surface area contributed by atoms with Gasteiger partial charge in [-0.25, -0.2) is 0 Å². The number of hydrogen-bond acceptors (Lipinski definition) is 2. The lowest BCUT2D eigenvalue weighted by molar-refractivity contribution is -0.140. The third kappa shape index (κ3) is 5.37. The van der Waals surface area contributed by atoms with E-state index in [-0.39, 0.29) is 0 Å². The maximum atomic E-state index is 5.36. The van der Waals surface area contributed by atoms with Gasteiger partial charge in [0.2, 0.25) is 0 Å². The predicted octanol–water partition coefficient (Wildman–Crippen LogP) is 7.32. The minimum absolute atomic E-state index is 0.570. The number of nitrogens with zero attached hydrogens (tertiary/aromatic N) is 1. The van der Waals surface area contributed by atoms with E-state index in [0.717, 1.165) is 36.1 Å². The average Bonchev–Trinajstić information content (AvgIpc) is 2.72. The highest BCUT2D eigenvalue weighted by Crippen LogP contribution is 2.62. The van der Waals surface area contributed by atoms with Crippen LogP contribution in [0.4, 0.5) is 0 Å². The van der Waals surface area contributed by atoms with Gasteiger partial charge in [-0.05, 0) is 66.7 Å². The van der Waals surface area contributed by atoms with E-state index in [1.807, 2.05) is 0 Å². The molecule has 2 bridgehead atoms. The van der Waals surface area contributed by atoms with Gasteiger partial charge >= 0.3 is 0 Å². The first-order valence-electron chi connectivity index (χ1n) is 12.3. The van der Waals surface area contributed by atoms with Crippen LogP contribution in [-0.2, 0) is 6.54 Å². The van der Waals surface area contributed by atoms with Gasteiger partial charge in [0.25, 0.3) is 0 Å². The number of ether oxygens (including phenoxy) is 1. The van der Waals surface area contributed by atoms with E-state index in [4.69, 9.17) is 4.74 Å². The van der Waals surface area contributed by atoms with E-state index in [2.05, 4.69) is 56.9 Å². The molecule has 0 amide bonds. The van der Waals surface area contributed by atoms with Crippen molar-refractivity contribution in [3.63, 3.8) is 0 Å². The summed E-state index contributed by atoms with van der Waals surface area (Å²) in [6.07, 6.45) is 12.6. The molecule has 0 heterocycles. The van der Waals surface area contributed by atoms with Crippen molar-refractivity contribution in [2.45, 2.75) is 98.1 Å². The van der Waals surface area contributed by atoms with Crippen molar-refractivity contribution in [2.75, 3.05) is 13.7 Å². The molecule has 29 heavy (non-hydrogen) atoms. The highest BCUT2D eigenvalue weighted by atomic mass is 16.5. The Hall–Kier alpha value is -1.02. The molecule has 0 radical (unpaired) electrons. The Bertz CT molecular complexity index is 607. The van der Waals surface area contributed by atoms with Gasteiger partial charge in [0.1, 0.15) is 5.75 Å². The van der Waals surface area contributed by atoms with Crippen molar-refractivity contribution in [3.05, 3.63) is 29.8 Å². The largest absolute Gasteiger partial charge is 0.497 e. The Labute approximate surface area is 180 Å². The van der Waals surface area contributed by atoms with Crippen LogP contribution in [0.5, 0.6) is 5.75 Å². The molecule has 1 aromatic rings. The lowest BCUT2D eigenvalue weighted by Crippen LogP contribution is -2.60. The first-order valence-corrected chi connectivity index (χ1v) is 12.3. The van der Waals surface area contributed by atoms with E-state index in [1.165, 1.54) is 69.9 Å². The molecule has 0 aliphatic heterocycles. The smallest absolute Gasteiger partial charge is 0.118 e. The third-order valence-electron chi connectivity index (χ3n) is 8.38. The summed E-state index contributed by atoms with van der Waals surface area (Å²) in [4.78, 5) is 2.84. The summed E-state index contributed by atoms with van der Waals surface area (Å²) in [6, 6.07) is 9.51. The molecule has 3 saturated carbocycles. The maximum Gasteiger partial charge on any atom is 0.118 e. The highest BCUT2D eigenvalue weighted by molar-refractivity contribution is 5.27. The minimum atomic E-state index is 0.570. The van der Waals surface area contributed by atoms with E-state index in [9.17, 15) is 0 Å². The van der Waals surface area contributed by atoms with Crippen molar-refractivity contribution >= 4 is 0 Å². The molecule has 0 spiro atoms. The first-order chi connectivity index (χ1) is 14.0. The van der Waals surface area contributed by atoms with Crippen molar-refractivity contribution < 1.29 is 4.74 Å². The molecule has 0 saturated heterocycles. The second kappa shape index (κ2) is 10.3. The van der Waals surface area contributed by atoms with Crippen LogP contribution in [0.15, 0.2) is 24.3 Å². The van der Waals surface area contributed by atoms with Gasteiger partial charge in [-0.1, -0.05) is 78.4 Å². The third-order valence-corrected chi connectivity index (χ3v) is 8.38. The van der Waals surface area contributed by atoms with E-state index >= 15 is 0 Å². The Morgan fingerprint density at radius 1 is 0.966 bits per heavy atom. The minimum Gasteiger partial charge on any atom is -0.497 e. The molecule has 3 fully saturated rings. The van der Waals surface area contributed by atoms with Crippen LogP contribution in [-0.4, -0.2) is 24.6 Å². The average molecular weight is 400 g/mol. The van der Waals surface area contributed by atoms with Crippen LogP contribution in [0, 0.1) is 23.2 Å². The number of rotatable bonds is 12. The van der Waals surface area contributed by atoms with Crippen molar-refractivity contribution in [1.82, 2.24) is 4.90 Å². The molecular weight excluding hydrogens is 354 g/mol. The lowest BCUT2D eigenvalue weighted by atomic mass is 9.44. The van der Waals surface area contributed by atoms with Crippen LogP contribution in [0.1, 0.15) is 91.0 Å². The lowest BCUT2D eigenvalue weighted by Gasteiger charge is -2.63. The Kier molecular flexibility index (Phi) is 8.07. The predicted molar refractivity (Wildman–Crippen MR) is 124 cm³/mol. The summed E-state index contributed by atoms with van der Waals surface area (Å²) in [5.74, 6) is 3.62. The van der Waals surface area contributed by atoms with Gasteiger partial charge in [0.15, 0.2) is 0 Å². The second-order valence-corrected chi connectivity index (χ2v) is 10.5. The molecule has 1 aromatic carbocycles. The van der Waals surface area contributed by atoms with E-state index in [0.29, 0.717) is 5.41 Å². The zero-order valence-electron chi connectivity index (χ0n) is 19.8. The second-order valence-electron chi connectivity index (χ2n) is 10.5. The zero-order chi connectivity index (χ0) is 20.9. The molecule has 0 N–H and O–H groups in total. The first kappa shape index (κ1) is 22.7. The number of methoxy groups -OCH3 is 1. The monoisotopic (exact) mass is 399 g/mol. The summed E-state index contributed by atoms with van der Waals surface area (Å²) >= 11 is 0. The zero-order valence-corrected chi connectivity index (χ0v) is 19.8. The van der Waals surface area contributed by atoms with Gasteiger partial charge in [-0.3, -0.25) is 4.90 Å². The molecule has 3 aliphatic rings. The quantitative estimate of drug-likeness (QED) is 0.341. The van der Waals surface area contributed by atoms with Gasteiger partial charge < -0.3 is 4.74 Å². The molecule has 2 nitrogen and oxygen atoms in total. The Morgan fingerprint density at radius 3 is 2.21 bits per heavy atom. The molecule has 2 heteroatoms. The fraction of sp³-hybridized carbons (Fsp3) is 0.778. The number of unbranched alkanes of at least 4 members (excludes halogenated alkanes) is 6. The maximum absolute atomic E-state index is 5.36. The summed E-state index contributed by atoms with van der Waals surface area (Å²) < 4.78 is 5.36. The Morgan fingerprint density at radius 2 is 1.62 bits per heavy atom. The SMILES string of the molecule is CCCCCCCCCN(Cc1ccc(OC)cc1)C1C[C@@H]2C[C@H]([C@H]1C)C2(C)C. The van der Waals surface area contributed by atoms with Crippen LogP contribution in [0.2, 0.25) is 0 Å². The standard InChI is InChI=1S/C27H45NO/c1-6-7-8-9-10-11-12-17-28(20-22-13-15-24(29-5)16-14-22)26-19-23-18-25(21(26)2)27(23,3)4/h13-16,21,23,25-26H,6-12,17-20H2,1-5H3/t21-,23+,25-,26?/m1/s1. The molecule has 4 rings (SSSR count). The van der Waals surface area contributed by atoms with Crippen LogP contribution in [0.3, 0.4) is 0 Å². The number of hydrogen-bond donors (Lipinski definition) is 0. The molecule has 3 aliphatic carbocycles. The number of benzene rings is 1. The summed E-state index contributed by atoms with van der Waals surface area (Å²) in [6.45, 7) is 12.2. The van der Waals surface area contributed by atoms with Crippen molar-refractivity contribution in [3.8, 4) is 5.75 Å². The van der Waals surface area contributed by atoms with E-state index < -0.39 is 0 Å². The number of fused-ring (bicyclic) bond motifs is 2. The topological polar surface area (TPSA) is 12.5 Å². The van der Waals surface area contributed by atoms with Gasteiger partial charge in [0, 0.05) is 12.6 Å². The van der Waals surface area contributed by atoms with Crippen molar-refractivity contribution in [2.24, 2.45) is 23.2 Å². The van der Waals surface area contributed by atoms with Crippen molar-refractivity contribution in [1.29, 1.82) is 0 Å². The normalized spacial score (nSPS) is 27.7. The molecule has 164 valence electrons. The highest BCUT2D eigenvalue weighted by Gasteiger charge is 2.56. The van der Waals surface area contributed by atoms with Gasteiger partial charge in [-0.15, -0.1) is 0 Å². The van der Waals surface area contributed by atoms with Crippen LogP contribution in [0.25, 0.3) is 0 Å². The van der Waals surface area contributed by atoms with Gasteiger partial charge in [-0.2, -0.15) is 0 Å². The summed E-state index contributed by atoms with van der Waals surface area (Å²) in [7, 11) is 1.75. The summed E-state index contributed by atoms with van der Waals surface area (Å²) in [5.41, 5.74) is 2.00. The molecule has 4 atom stereocenters. The molecule has 0 aromatic heterocycles. The van der Waals surface area contributed by atoms with E-state index in [1.54, 1.807) is 7.11 Å². The molecule has 1 unspecified atom stereocenters. The van der Waals surface area contributed by atoms with Gasteiger partial charge in [0.05, 0.1) is 7.11 Å². The Balaban J connectivity index is 1.58. The fourth-order valence-corrected chi connectivity index (χ4v) is 6.20. The van der Waals surface area contributed by atoms with Crippen LogP contribution < -0.4 is 4.74 Å². The molecular formula is C27H45NO. The fourth-order valence-electron chi connectivity index (χ4n) is 6.20. The van der Waals surface area contributed by atoms with Crippen LogP contribution >= 0.6 is 0 Å². The summed E-state index contributed by atoms with van der Waals surface area (Å²) in [5, 5.41) is 0.